The van der Waals surface area contributed by atoms with E-state index in [0.717, 1.165) is 10.6 Å². The van der Waals surface area contributed by atoms with E-state index in [4.69, 9.17) is 10.9 Å². The number of nitrogens with one attached hydrogen (secondary N) is 2. The molecule has 5 N–H and O–H groups in total. The van der Waals surface area contributed by atoms with Crippen LogP contribution >= 0.6 is 0 Å². The van der Waals surface area contributed by atoms with Crippen LogP contribution in [0, 0.1) is 0 Å². The van der Waals surface area contributed by atoms with E-state index in [-0.39, 0.29) is 24.1 Å². The Morgan fingerprint density at radius 2 is 1.97 bits per heavy atom. The number of hydrogen-bond acceptors (Lipinski definition) is 9. The van der Waals surface area contributed by atoms with Crippen LogP contribution in [0.3, 0.4) is 0 Å². The van der Waals surface area contributed by atoms with E-state index in [9.17, 15) is 21.6 Å². The summed E-state index contributed by atoms with van der Waals surface area (Å²) in [5.41, 5.74) is 5.52. The van der Waals surface area contributed by atoms with Crippen LogP contribution < -0.4 is 20.7 Å². The number of sulfonamides is 1. The van der Waals surface area contributed by atoms with Crippen molar-refractivity contribution in [3.63, 3.8) is 0 Å². The zero-order valence-corrected chi connectivity index (χ0v) is 19.3. The third-order valence-electron chi connectivity index (χ3n) is 4.73. The van der Waals surface area contributed by atoms with E-state index in [1.54, 1.807) is 18.2 Å². The number of pyridine rings is 1. The molecule has 0 radical (unpaired) electrons. The van der Waals surface area contributed by atoms with Gasteiger partial charge < -0.3 is 21.6 Å². The SMILES string of the molecule is CN(c1ncccc1CNc1nc(Nc2cccc(/C(N)=N/O)c2)ncc1C(F)(F)F)S(C)(=O)=O. The van der Waals surface area contributed by atoms with Gasteiger partial charge in [0.25, 0.3) is 0 Å². The van der Waals surface area contributed by atoms with E-state index < -0.39 is 27.6 Å². The summed E-state index contributed by atoms with van der Waals surface area (Å²) in [6.45, 7) is -0.207. The molecule has 0 aliphatic heterocycles. The maximum atomic E-state index is 13.6. The molecular weight excluding hydrogens is 489 g/mol. The van der Waals surface area contributed by atoms with Gasteiger partial charge in [-0.25, -0.2) is 18.4 Å². The number of alkyl halides is 3. The second kappa shape index (κ2) is 10.0. The standard InChI is InChI=1S/C20H21F3N8O3S/c1-31(35(2,33)34)18-13(6-4-8-25-18)10-26-17-15(20(21,22)23)11-27-19(29-17)28-14-7-3-5-12(9-14)16(24)30-32/h3-9,11,32H,10H2,1-2H3,(H2,24,30)(H2,26,27,28,29). The highest BCUT2D eigenvalue weighted by Gasteiger charge is 2.35. The topological polar surface area (TPSA) is 159 Å². The van der Waals surface area contributed by atoms with Crippen molar-refractivity contribution < 1.29 is 26.8 Å². The summed E-state index contributed by atoms with van der Waals surface area (Å²) in [7, 11) is -2.36. The minimum atomic E-state index is -4.76. The van der Waals surface area contributed by atoms with Crippen molar-refractivity contribution >= 4 is 39.1 Å². The Labute approximate surface area is 198 Å². The summed E-state index contributed by atoms with van der Waals surface area (Å²) < 4.78 is 65.5. The molecule has 15 heteroatoms. The Hall–Kier alpha value is -4.14. The highest BCUT2D eigenvalue weighted by molar-refractivity contribution is 7.92. The first kappa shape index (κ1) is 25.5. The largest absolute Gasteiger partial charge is 0.421 e. The Kier molecular flexibility index (Phi) is 7.28. The van der Waals surface area contributed by atoms with Gasteiger partial charge in [0.15, 0.2) is 5.84 Å². The number of nitrogens with zero attached hydrogens (tertiary/aromatic N) is 5. The van der Waals surface area contributed by atoms with Gasteiger partial charge in [-0.3, -0.25) is 4.31 Å². The lowest BCUT2D eigenvalue weighted by Crippen LogP contribution is -2.27. The number of anilines is 4. The van der Waals surface area contributed by atoms with Gasteiger partial charge in [0.05, 0.1) is 6.26 Å². The molecule has 3 rings (SSSR count). The van der Waals surface area contributed by atoms with Crippen molar-refractivity contribution in [1.82, 2.24) is 15.0 Å². The van der Waals surface area contributed by atoms with E-state index in [1.165, 1.54) is 31.4 Å². The molecule has 3 aromatic rings. The molecule has 0 aliphatic rings. The molecule has 11 nitrogen and oxygen atoms in total. The third-order valence-corrected chi connectivity index (χ3v) is 5.89. The maximum Gasteiger partial charge on any atom is 0.421 e. The average molecular weight is 511 g/mol. The maximum absolute atomic E-state index is 13.6. The highest BCUT2D eigenvalue weighted by atomic mass is 32.2. The van der Waals surface area contributed by atoms with Crippen LogP contribution in [-0.4, -0.2) is 47.7 Å². The number of aromatic nitrogens is 3. The summed E-state index contributed by atoms with van der Waals surface area (Å²) in [5.74, 6) is -0.782. The molecular formula is C20H21F3N8O3S. The normalized spacial score (nSPS) is 12.3. The van der Waals surface area contributed by atoms with Gasteiger partial charge in [-0.2, -0.15) is 18.2 Å². The quantitative estimate of drug-likeness (QED) is 0.155. The lowest BCUT2D eigenvalue weighted by molar-refractivity contribution is -0.137. The molecule has 0 atom stereocenters. The van der Waals surface area contributed by atoms with Gasteiger partial charge >= 0.3 is 6.18 Å². The molecule has 0 unspecified atom stereocenters. The van der Waals surface area contributed by atoms with Gasteiger partial charge in [0.1, 0.15) is 17.2 Å². The predicted octanol–water partition coefficient (Wildman–Crippen LogP) is 2.74. The highest BCUT2D eigenvalue weighted by Crippen LogP contribution is 2.34. The lowest BCUT2D eigenvalue weighted by atomic mass is 10.2. The Morgan fingerprint density at radius 1 is 1.23 bits per heavy atom. The van der Waals surface area contributed by atoms with E-state index in [0.29, 0.717) is 23.0 Å². The fraction of sp³-hybridized carbons (Fsp3) is 0.200. The van der Waals surface area contributed by atoms with Crippen LogP contribution in [0.1, 0.15) is 16.7 Å². The van der Waals surface area contributed by atoms with E-state index >= 15 is 0 Å². The number of halogens is 3. The minimum absolute atomic E-state index is 0.0587. The van der Waals surface area contributed by atoms with E-state index in [2.05, 4.69) is 30.7 Å². The number of amidine groups is 1. The van der Waals surface area contributed by atoms with Crippen LogP contribution in [0.5, 0.6) is 0 Å². The molecule has 2 aromatic heterocycles. The molecule has 0 amide bonds. The first-order valence-electron chi connectivity index (χ1n) is 9.81. The van der Waals surface area contributed by atoms with Gasteiger partial charge in [0, 0.05) is 42.8 Å². The predicted molar refractivity (Wildman–Crippen MR) is 124 cm³/mol. The van der Waals surface area contributed by atoms with Crippen molar-refractivity contribution in [2.75, 3.05) is 28.2 Å². The molecule has 0 saturated heterocycles. The Bertz CT molecular complexity index is 1350. The summed E-state index contributed by atoms with van der Waals surface area (Å²) in [6.07, 6.45) is -1.78. The van der Waals surface area contributed by atoms with Crippen molar-refractivity contribution in [2.45, 2.75) is 12.7 Å². The molecule has 186 valence electrons. The monoisotopic (exact) mass is 510 g/mol. The number of nitrogens with two attached hydrogens (primary N) is 1. The number of benzene rings is 1. The molecule has 0 aliphatic carbocycles. The zero-order chi connectivity index (χ0) is 25.8. The number of rotatable bonds is 8. The lowest BCUT2D eigenvalue weighted by Gasteiger charge is -2.20. The second-order valence-corrected chi connectivity index (χ2v) is 9.23. The zero-order valence-electron chi connectivity index (χ0n) is 18.4. The summed E-state index contributed by atoms with van der Waals surface area (Å²) in [6, 6.07) is 9.30. The van der Waals surface area contributed by atoms with Crippen molar-refractivity contribution in [3.8, 4) is 0 Å². The molecule has 0 fully saturated rings. The van der Waals surface area contributed by atoms with Crippen LogP contribution in [0.2, 0.25) is 0 Å². The van der Waals surface area contributed by atoms with Crippen LogP contribution in [0.4, 0.5) is 36.4 Å². The van der Waals surface area contributed by atoms with Crippen molar-refractivity contribution in [2.24, 2.45) is 10.9 Å². The third kappa shape index (κ3) is 6.26. The first-order valence-corrected chi connectivity index (χ1v) is 11.7. The summed E-state index contributed by atoms with van der Waals surface area (Å²) in [4.78, 5) is 11.7. The molecule has 2 heterocycles. The van der Waals surface area contributed by atoms with Gasteiger partial charge in [-0.1, -0.05) is 23.4 Å². The van der Waals surface area contributed by atoms with Gasteiger partial charge in [-0.05, 0) is 18.2 Å². The van der Waals surface area contributed by atoms with Crippen molar-refractivity contribution in [3.05, 3.63) is 65.5 Å². The van der Waals surface area contributed by atoms with Gasteiger partial charge in [-0.15, -0.1) is 0 Å². The Morgan fingerprint density at radius 3 is 2.63 bits per heavy atom. The van der Waals surface area contributed by atoms with E-state index in [1.807, 2.05) is 0 Å². The fourth-order valence-electron chi connectivity index (χ4n) is 2.92. The van der Waals surface area contributed by atoms with Crippen LogP contribution in [-0.2, 0) is 22.7 Å². The average Bonchev–Trinajstić information content (AvgIpc) is 2.81. The molecule has 0 spiro atoms. The van der Waals surface area contributed by atoms with Gasteiger partial charge in [0.2, 0.25) is 16.0 Å². The smallest absolute Gasteiger partial charge is 0.409 e. The molecule has 0 saturated carbocycles. The molecule has 35 heavy (non-hydrogen) atoms. The minimum Gasteiger partial charge on any atom is -0.409 e. The number of hydrogen-bond donors (Lipinski definition) is 4. The fourth-order valence-corrected chi connectivity index (χ4v) is 3.39. The Balaban J connectivity index is 1.92. The summed E-state index contributed by atoms with van der Waals surface area (Å²) >= 11 is 0. The molecule has 0 bridgehead atoms. The second-order valence-electron chi connectivity index (χ2n) is 7.21. The first-order chi connectivity index (χ1) is 16.4. The number of oxime groups is 1. The summed E-state index contributed by atoms with van der Waals surface area (Å²) in [5, 5.41) is 17.1. The molecule has 1 aromatic carbocycles. The van der Waals surface area contributed by atoms with Crippen molar-refractivity contribution in [1.29, 1.82) is 0 Å². The van der Waals surface area contributed by atoms with Crippen LogP contribution in [0.15, 0.2) is 53.9 Å². The van der Waals surface area contributed by atoms with Crippen LogP contribution in [0.25, 0.3) is 0 Å².